The van der Waals surface area contributed by atoms with Crippen LogP contribution in [0.3, 0.4) is 0 Å². The molecule has 0 bridgehead atoms. The number of benzene rings is 7. The van der Waals surface area contributed by atoms with Crippen LogP contribution in [0.1, 0.15) is 52.7 Å². The van der Waals surface area contributed by atoms with E-state index in [0.717, 1.165) is 5.69 Å². The van der Waals surface area contributed by atoms with E-state index in [9.17, 15) is 0 Å². The monoisotopic (exact) mass is 684 g/mol. The zero-order valence-electron chi connectivity index (χ0n) is 31.4. The molecule has 2 aromatic heterocycles. The van der Waals surface area contributed by atoms with Crippen LogP contribution in [-0.4, -0.2) is 9.13 Å². The van der Waals surface area contributed by atoms with Gasteiger partial charge in [-0.2, -0.15) is 0 Å². The first kappa shape index (κ1) is 31.8. The molecule has 1 aliphatic rings. The Balaban J connectivity index is 1.41. The number of aromatic nitrogens is 2. The molecule has 2 heterocycles. The summed E-state index contributed by atoms with van der Waals surface area (Å²) < 4.78 is 5.09. The van der Waals surface area contributed by atoms with Crippen molar-refractivity contribution >= 4 is 43.6 Å². The predicted octanol–water partition coefficient (Wildman–Crippen LogP) is 13.8. The third-order valence-corrected chi connectivity index (χ3v) is 13.6. The molecular weight excluding hydrogens is 641 g/mol. The van der Waals surface area contributed by atoms with Crippen molar-refractivity contribution in [2.24, 2.45) is 5.41 Å². The average molecular weight is 685 g/mol. The number of hydrogen-bond donors (Lipinski definition) is 0. The summed E-state index contributed by atoms with van der Waals surface area (Å²) in [5.74, 6) is 0. The molecule has 0 spiro atoms. The van der Waals surface area contributed by atoms with Gasteiger partial charge in [-0.1, -0.05) is 157 Å². The smallest absolute Gasteiger partial charge is 0.0789 e. The Hall–Kier alpha value is -5.86. The number of nitrogens with zero attached hydrogens (tertiary/aromatic N) is 2. The van der Waals surface area contributed by atoms with Crippen molar-refractivity contribution in [2.45, 2.75) is 52.4 Å². The average Bonchev–Trinajstić information content (AvgIpc) is 3.74. The van der Waals surface area contributed by atoms with Gasteiger partial charge >= 0.3 is 0 Å². The highest BCUT2D eigenvalue weighted by Gasteiger charge is 2.57. The zero-order chi connectivity index (χ0) is 36.3. The van der Waals surface area contributed by atoms with E-state index in [2.05, 4.69) is 208 Å². The summed E-state index contributed by atoms with van der Waals surface area (Å²) in [5, 5.41) is 5.05. The maximum atomic E-state index is 2.60. The quantitative estimate of drug-likeness (QED) is 0.175. The van der Waals surface area contributed by atoms with Gasteiger partial charge in [0.15, 0.2) is 0 Å². The fraction of sp³-hybridized carbons (Fsp3) is 0.176. The van der Waals surface area contributed by atoms with Gasteiger partial charge in [-0.3, -0.25) is 0 Å². The van der Waals surface area contributed by atoms with Crippen LogP contribution in [0.15, 0.2) is 158 Å². The van der Waals surface area contributed by atoms with Gasteiger partial charge in [0.2, 0.25) is 0 Å². The van der Waals surface area contributed by atoms with Gasteiger partial charge in [-0.05, 0) is 86.5 Å². The molecule has 0 fully saturated rings. The van der Waals surface area contributed by atoms with Crippen molar-refractivity contribution in [1.82, 2.24) is 9.13 Å². The molecule has 0 atom stereocenters. The van der Waals surface area contributed by atoms with Crippen molar-refractivity contribution < 1.29 is 0 Å². The van der Waals surface area contributed by atoms with Gasteiger partial charge in [-0.15, -0.1) is 0 Å². The van der Waals surface area contributed by atoms with E-state index in [-0.39, 0.29) is 16.2 Å². The molecule has 7 aromatic carbocycles. The molecule has 0 unspecified atom stereocenters. The fourth-order valence-corrected chi connectivity index (χ4v) is 9.59. The van der Waals surface area contributed by atoms with E-state index in [1.165, 1.54) is 82.7 Å². The van der Waals surface area contributed by atoms with Crippen LogP contribution in [0.5, 0.6) is 0 Å². The molecule has 0 saturated carbocycles. The van der Waals surface area contributed by atoms with Crippen molar-refractivity contribution in [3.63, 3.8) is 0 Å². The van der Waals surface area contributed by atoms with Crippen LogP contribution in [0.25, 0.3) is 77.2 Å². The largest absolute Gasteiger partial charge is 0.307 e. The number of para-hydroxylation sites is 3. The lowest BCUT2D eigenvalue weighted by Crippen LogP contribution is -2.42. The van der Waals surface area contributed by atoms with E-state index in [1.807, 2.05) is 0 Å². The normalized spacial score (nSPS) is 15.8. The molecular formula is C51H44N2. The van der Waals surface area contributed by atoms with E-state index in [4.69, 9.17) is 0 Å². The minimum absolute atomic E-state index is 0.0257. The Morgan fingerprint density at radius 2 is 0.868 bits per heavy atom. The maximum Gasteiger partial charge on any atom is 0.0789 e. The van der Waals surface area contributed by atoms with Gasteiger partial charge in [0, 0.05) is 32.8 Å². The second kappa shape index (κ2) is 11.1. The van der Waals surface area contributed by atoms with Crippen molar-refractivity contribution in [1.29, 1.82) is 0 Å². The van der Waals surface area contributed by atoms with Crippen LogP contribution in [0.4, 0.5) is 0 Å². The molecule has 0 aliphatic heterocycles. The first-order chi connectivity index (χ1) is 25.6. The van der Waals surface area contributed by atoms with E-state index >= 15 is 0 Å². The molecule has 258 valence electrons. The van der Waals surface area contributed by atoms with Crippen molar-refractivity contribution in [3.8, 4) is 33.6 Å². The van der Waals surface area contributed by atoms with E-state index in [0.29, 0.717) is 0 Å². The summed E-state index contributed by atoms with van der Waals surface area (Å²) >= 11 is 0. The zero-order valence-corrected chi connectivity index (χ0v) is 31.4. The summed E-state index contributed by atoms with van der Waals surface area (Å²) in [6, 6.07) is 58.5. The maximum absolute atomic E-state index is 2.60. The third-order valence-electron chi connectivity index (χ3n) is 13.6. The summed E-state index contributed by atoms with van der Waals surface area (Å²) in [7, 11) is 0. The second-order valence-electron chi connectivity index (χ2n) is 16.6. The Morgan fingerprint density at radius 1 is 0.377 bits per heavy atom. The van der Waals surface area contributed by atoms with Gasteiger partial charge in [0.1, 0.15) is 0 Å². The van der Waals surface area contributed by atoms with Gasteiger partial charge in [0.05, 0.1) is 27.8 Å². The Labute approximate surface area is 312 Å². The number of fused-ring (bicyclic) bond motifs is 8. The fourth-order valence-electron chi connectivity index (χ4n) is 9.59. The molecule has 0 N–H and O–H groups in total. The highest BCUT2D eigenvalue weighted by atomic mass is 15.0. The second-order valence-corrected chi connectivity index (χ2v) is 16.6. The van der Waals surface area contributed by atoms with Crippen LogP contribution >= 0.6 is 0 Å². The third kappa shape index (κ3) is 4.27. The SMILES string of the molecule is CC1(C)c2cc(-c3cccc(-c4ccccc4)c3)c(-n3c4ccccc4c4ccc5c6ccccc6n(-c6ccccc6)c5c43)cc2C(C)(C)C1(C)C. The molecule has 10 rings (SSSR count). The topological polar surface area (TPSA) is 9.86 Å². The number of rotatable bonds is 4. The minimum atomic E-state index is -0.0575. The van der Waals surface area contributed by atoms with Crippen LogP contribution in [0, 0.1) is 5.41 Å². The van der Waals surface area contributed by atoms with Gasteiger partial charge in [0.25, 0.3) is 0 Å². The van der Waals surface area contributed by atoms with E-state index in [1.54, 1.807) is 0 Å². The summed E-state index contributed by atoms with van der Waals surface area (Å²) in [6.07, 6.45) is 0. The van der Waals surface area contributed by atoms with E-state index < -0.39 is 0 Å². The lowest BCUT2D eigenvalue weighted by atomic mass is 9.59. The van der Waals surface area contributed by atoms with Crippen LogP contribution in [0.2, 0.25) is 0 Å². The highest BCUT2D eigenvalue weighted by molar-refractivity contribution is 6.24. The first-order valence-corrected chi connectivity index (χ1v) is 19.0. The standard InChI is InChI=1S/C51H44N2/c1-49(2)42-31-41(35-21-17-20-34(30-35)33-18-9-7-10-19-33)46(32-43(42)50(3,4)51(49,5)6)53-45-27-16-14-25-38(45)40-29-28-39-37-24-13-15-26-44(37)52(47(39)48(40)53)36-22-11-8-12-23-36/h7-32H,1-6H3. The molecule has 53 heavy (non-hydrogen) atoms. The minimum Gasteiger partial charge on any atom is -0.307 e. The molecule has 9 aromatic rings. The Bertz CT molecular complexity index is 2900. The molecule has 1 aliphatic carbocycles. The molecule has 2 nitrogen and oxygen atoms in total. The molecule has 0 radical (unpaired) electrons. The van der Waals surface area contributed by atoms with Crippen molar-refractivity contribution in [3.05, 3.63) is 169 Å². The summed E-state index contributed by atoms with van der Waals surface area (Å²) in [5.41, 5.74) is 15.0. The van der Waals surface area contributed by atoms with Crippen LogP contribution < -0.4 is 0 Å². The lowest BCUT2D eigenvalue weighted by Gasteiger charge is -2.44. The highest BCUT2D eigenvalue weighted by Crippen LogP contribution is 2.62. The molecule has 0 saturated heterocycles. The summed E-state index contributed by atoms with van der Waals surface area (Å²) in [6.45, 7) is 14.7. The molecule has 0 amide bonds. The first-order valence-electron chi connectivity index (χ1n) is 19.0. The predicted molar refractivity (Wildman–Crippen MR) is 226 cm³/mol. The Morgan fingerprint density at radius 3 is 1.51 bits per heavy atom. The number of hydrogen-bond acceptors (Lipinski definition) is 0. The van der Waals surface area contributed by atoms with Crippen LogP contribution in [-0.2, 0) is 10.8 Å². The van der Waals surface area contributed by atoms with Gasteiger partial charge < -0.3 is 9.13 Å². The van der Waals surface area contributed by atoms with Crippen molar-refractivity contribution in [2.75, 3.05) is 0 Å². The lowest BCUT2D eigenvalue weighted by molar-refractivity contribution is 0.125. The summed E-state index contributed by atoms with van der Waals surface area (Å²) in [4.78, 5) is 0. The van der Waals surface area contributed by atoms with Gasteiger partial charge in [-0.25, -0.2) is 0 Å². The Kier molecular flexibility index (Phi) is 6.65. The molecule has 2 heteroatoms.